The second-order valence-corrected chi connectivity index (χ2v) is 7.13. The van der Waals surface area contributed by atoms with Gasteiger partial charge in [-0.05, 0) is 43.5 Å². The van der Waals surface area contributed by atoms with Gasteiger partial charge in [-0.3, -0.25) is 19.4 Å². The maximum absolute atomic E-state index is 12.1. The maximum Gasteiger partial charge on any atom is 0.317 e. The van der Waals surface area contributed by atoms with Gasteiger partial charge in [-0.2, -0.15) is 0 Å². The molecular formula is C19H28ClN3O3. The SMILES string of the molecule is CCN(CC(=O)O)C1CCN(CC(=O)NCCc2ccc(Cl)cc2)CC1. The minimum absolute atomic E-state index is 0.0373. The Morgan fingerprint density at radius 2 is 1.92 bits per heavy atom. The van der Waals surface area contributed by atoms with Crippen LogP contribution in [0.5, 0.6) is 0 Å². The molecule has 0 atom stereocenters. The van der Waals surface area contributed by atoms with Crippen LogP contribution in [0.4, 0.5) is 0 Å². The Balaban J connectivity index is 1.65. The monoisotopic (exact) mass is 381 g/mol. The number of carbonyl (C=O) groups is 2. The van der Waals surface area contributed by atoms with Gasteiger partial charge in [0, 0.05) is 30.7 Å². The minimum Gasteiger partial charge on any atom is -0.480 e. The van der Waals surface area contributed by atoms with Crippen LogP contribution in [0, 0.1) is 0 Å². The van der Waals surface area contributed by atoms with Crippen LogP contribution in [0.25, 0.3) is 0 Å². The molecule has 2 rings (SSSR count). The van der Waals surface area contributed by atoms with Gasteiger partial charge in [-0.15, -0.1) is 0 Å². The first-order chi connectivity index (χ1) is 12.5. The largest absolute Gasteiger partial charge is 0.480 e. The number of carboxylic acid groups (broad SMARTS) is 1. The Morgan fingerprint density at radius 1 is 1.27 bits per heavy atom. The van der Waals surface area contributed by atoms with E-state index >= 15 is 0 Å². The van der Waals surface area contributed by atoms with Crippen molar-refractivity contribution in [3.8, 4) is 0 Å². The van der Waals surface area contributed by atoms with E-state index in [0.29, 0.717) is 24.2 Å². The predicted octanol–water partition coefficient (Wildman–Crippen LogP) is 1.87. The van der Waals surface area contributed by atoms with Crippen LogP contribution in [0.1, 0.15) is 25.3 Å². The van der Waals surface area contributed by atoms with E-state index in [9.17, 15) is 9.59 Å². The molecule has 2 N–H and O–H groups in total. The molecule has 144 valence electrons. The zero-order valence-corrected chi connectivity index (χ0v) is 16.0. The summed E-state index contributed by atoms with van der Waals surface area (Å²) in [4.78, 5) is 27.2. The van der Waals surface area contributed by atoms with Crippen LogP contribution in [0.2, 0.25) is 5.02 Å². The second-order valence-electron chi connectivity index (χ2n) is 6.69. The highest BCUT2D eigenvalue weighted by atomic mass is 35.5. The molecular weight excluding hydrogens is 354 g/mol. The first-order valence-electron chi connectivity index (χ1n) is 9.17. The number of piperidine rings is 1. The molecule has 1 aliphatic heterocycles. The summed E-state index contributed by atoms with van der Waals surface area (Å²) in [5.74, 6) is -0.746. The molecule has 1 heterocycles. The Bertz CT molecular complexity index is 586. The average molecular weight is 382 g/mol. The van der Waals surface area contributed by atoms with Crippen molar-refractivity contribution < 1.29 is 14.7 Å². The summed E-state index contributed by atoms with van der Waals surface area (Å²) in [5, 5.41) is 12.7. The molecule has 0 bridgehead atoms. The van der Waals surface area contributed by atoms with E-state index in [1.54, 1.807) is 0 Å². The summed E-state index contributed by atoms with van der Waals surface area (Å²) >= 11 is 5.86. The first kappa shape index (κ1) is 20.7. The van der Waals surface area contributed by atoms with Crippen LogP contribution in [-0.4, -0.2) is 72.1 Å². The van der Waals surface area contributed by atoms with Gasteiger partial charge in [0.05, 0.1) is 13.1 Å². The molecule has 1 aromatic rings. The minimum atomic E-state index is -0.783. The van der Waals surface area contributed by atoms with Gasteiger partial charge in [0.2, 0.25) is 5.91 Å². The van der Waals surface area contributed by atoms with Crippen molar-refractivity contribution in [2.75, 3.05) is 39.3 Å². The molecule has 1 saturated heterocycles. The van der Waals surface area contributed by atoms with E-state index in [-0.39, 0.29) is 12.5 Å². The normalized spacial score (nSPS) is 16.0. The third kappa shape index (κ3) is 6.94. The summed E-state index contributed by atoms with van der Waals surface area (Å²) in [6, 6.07) is 7.94. The lowest BCUT2D eigenvalue weighted by atomic mass is 10.0. The number of amides is 1. The Labute approximate surface area is 160 Å². The van der Waals surface area contributed by atoms with Crippen molar-refractivity contribution in [1.29, 1.82) is 0 Å². The van der Waals surface area contributed by atoms with E-state index in [1.165, 1.54) is 0 Å². The summed E-state index contributed by atoms with van der Waals surface area (Å²) in [7, 11) is 0. The van der Waals surface area contributed by atoms with Crippen molar-refractivity contribution >= 4 is 23.5 Å². The van der Waals surface area contributed by atoms with Crippen molar-refractivity contribution in [3.63, 3.8) is 0 Å². The molecule has 6 nitrogen and oxygen atoms in total. The van der Waals surface area contributed by atoms with Crippen LogP contribution >= 0.6 is 11.6 Å². The molecule has 0 unspecified atom stereocenters. The number of benzene rings is 1. The van der Waals surface area contributed by atoms with Gasteiger partial charge in [-0.1, -0.05) is 30.7 Å². The Kier molecular flexibility index (Phi) is 8.35. The molecule has 0 spiro atoms. The molecule has 1 amide bonds. The molecule has 0 aromatic heterocycles. The van der Waals surface area contributed by atoms with Crippen LogP contribution in [0.15, 0.2) is 24.3 Å². The number of likely N-dealkylation sites (tertiary alicyclic amines) is 1. The number of aliphatic carboxylic acids is 1. The zero-order valence-electron chi connectivity index (χ0n) is 15.3. The second kappa shape index (κ2) is 10.5. The lowest BCUT2D eigenvalue weighted by Gasteiger charge is -2.37. The van der Waals surface area contributed by atoms with Gasteiger partial charge in [0.1, 0.15) is 0 Å². The zero-order chi connectivity index (χ0) is 18.9. The lowest BCUT2D eigenvalue weighted by Crippen LogP contribution is -2.48. The highest BCUT2D eigenvalue weighted by molar-refractivity contribution is 6.30. The molecule has 7 heteroatoms. The van der Waals surface area contributed by atoms with E-state index in [2.05, 4.69) is 10.2 Å². The highest BCUT2D eigenvalue weighted by Gasteiger charge is 2.25. The van der Waals surface area contributed by atoms with Gasteiger partial charge in [0.25, 0.3) is 0 Å². The summed E-state index contributed by atoms with van der Waals surface area (Å²) in [5.41, 5.74) is 1.15. The number of halogens is 1. The number of hydrogen-bond acceptors (Lipinski definition) is 4. The molecule has 1 aromatic carbocycles. The third-order valence-corrected chi connectivity index (χ3v) is 5.09. The third-order valence-electron chi connectivity index (χ3n) is 4.83. The number of nitrogens with zero attached hydrogens (tertiary/aromatic N) is 2. The number of carbonyl (C=O) groups excluding carboxylic acids is 1. The predicted molar refractivity (Wildman–Crippen MR) is 103 cm³/mol. The van der Waals surface area contributed by atoms with Crippen molar-refractivity contribution in [2.24, 2.45) is 0 Å². The van der Waals surface area contributed by atoms with Gasteiger partial charge < -0.3 is 10.4 Å². The number of nitrogens with one attached hydrogen (secondary N) is 1. The maximum atomic E-state index is 12.1. The van der Waals surface area contributed by atoms with E-state index < -0.39 is 5.97 Å². The summed E-state index contributed by atoms with van der Waals surface area (Å²) < 4.78 is 0. The standard InChI is InChI=1S/C19H28ClN3O3/c1-2-23(14-19(25)26)17-8-11-22(12-9-17)13-18(24)21-10-7-15-3-5-16(20)6-4-15/h3-6,17H,2,7-14H2,1H3,(H,21,24)(H,25,26). The lowest BCUT2D eigenvalue weighted by molar-refractivity contribution is -0.139. The fourth-order valence-corrected chi connectivity index (χ4v) is 3.50. The van der Waals surface area contributed by atoms with E-state index in [1.807, 2.05) is 36.1 Å². The van der Waals surface area contributed by atoms with Crippen molar-refractivity contribution in [2.45, 2.75) is 32.2 Å². The molecule has 26 heavy (non-hydrogen) atoms. The smallest absolute Gasteiger partial charge is 0.317 e. The molecule has 0 saturated carbocycles. The fraction of sp³-hybridized carbons (Fsp3) is 0.579. The van der Waals surface area contributed by atoms with Crippen LogP contribution in [-0.2, 0) is 16.0 Å². The van der Waals surface area contributed by atoms with E-state index in [0.717, 1.165) is 44.5 Å². The van der Waals surface area contributed by atoms with Crippen molar-refractivity contribution in [3.05, 3.63) is 34.9 Å². The van der Waals surface area contributed by atoms with Crippen LogP contribution in [0.3, 0.4) is 0 Å². The topological polar surface area (TPSA) is 72.9 Å². The number of rotatable bonds is 9. The number of carboxylic acids is 1. The van der Waals surface area contributed by atoms with Gasteiger partial charge in [0.15, 0.2) is 0 Å². The first-order valence-corrected chi connectivity index (χ1v) is 9.55. The van der Waals surface area contributed by atoms with E-state index in [4.69, 9.17) is 16.7 Å². The van der Waals surface area contributed by atoms with Gasteiger partial charge in [-0.25, -0.2) is 0 Å². The average Bonchev–Trinajstić information content (AvgIpc) is 2.62. The van der Waals surface area contributed by atoms with Crippen molar-refractivity contribution in [1.82, 2.24) is 15.1 Å². The Morgan fingerprint density at radius 3 is 2.50 bits per heavy atom. The van der Waals surface area contributed by atoms with Gasteiger partial charge >= 0.3 is 5.97 Å². The Hall–Kier alpha value is -1.63. The quantitative estimate of drug-likeness (QED) is 0.683. The van der Waals surface area contributed by atoms with Crippen LogP contribution < -0.4 is 5.32 Å². The molecule has 0 aliphatic carbocycles. The number of likely N-dealkylation sites (N-methyl/N-ethyl adjacent to an activating group) is 1. The fourth-order valence-electron chi connectivity index (χ4n) is 3.37. The molecule has 1 fully saturated rings. The number of hydrogen-bond donors (Lipinski definition) is 2. The molecule has 0 radical (unpaired) electrons. The molecule has 1 aliphatic rings. The highest BCUT2D eigenvalue weighted by Crippen LogP contribution is 2.16. The summed E-state index contributed by atoms with van der Waals surface area (Å²) in [6.45, 7) is 5.48. The summed E-state index contributed by atoms with van der Waals surface area (Å²) in [6.07, 6.45) is 2.59.